The Morgan fingerprint density at radius 1 is 1.20 bits per heavy atom. The molecular formula is C11H17NO3. The van der Waals surface area contributed by atoms with Crippen molar-refractivity contribution < 1.29 is 14.7 Å². The van der Waals surface area contributed by atoms with E-state index in [9.17, 15) is 9.59 Å². The molecule has 1 rings (SSSR count). The van der Waals surface area contributed by atoms with E-state index in [1.165, 1.54) is 6.92 Å². The predicted octanol–water partition coefficient (Wildman–Crippen LogP) is 1.45. The molecule has 0 atom stereocenters. The van der Waals surface area contributed by atoms with Crippen molar-refractivity contribution >= 4 is 11.9 Å². The largest absolute Gasteiger partial charge is 0.478 e. The van der Waals surface area contributed by atoms with Crippen LogP contribution in [0.3, 0.4) is 0 Å². The van der Waals surface area contributed by atoms with Crippen molar-refractivity contribution in [2.75, 3.05) is 0 Å². The van der Waals surface area contributed by atoms with Crippen LogP contribution in [0.2, 0.25) is 0 Å². The van der Waals surface area contributed by atoms with E-state index in [0.29, 0.717) is 5.57 Å². The fourth-order valence-corrected chi connectivity index (χ4v) is 2.20. The van der Waals surface area contributed by atoms with Gasteiger partial charge in [0, 0.05) is 11.1 Å². The summed E-state index contributed by atoms with van der Waals surface area (Å²) in [5, 5.41) is 8.87. The topological polar surface area (TPSA) is 80.4 Å². The minimum atomic E-state index is -1.05. The van der Waals surface area contributed by atoms with Gasteiger partial charge < -0.3 is 10.8 Å². The van der Waals surface area contributed by atoms with Crippen molar-refractivity contribution in [1.29, 1.82) is 0 Å². The molecule has 84 valence electrons. The quantitative estimate of drug-likeness (QED) is 0.693. The molecule has 0 radical (unpaired) electrons. The van der Waals surface area contributed by atoms with Crippen molar-refractivity contribution in [3.63, 3.8) is 0 Å². The van der Waals surface area contributed by atoms with Gasteiger partial charge in [-0.15, -0.1) is 0 Å². The van der Waals surface area contributed by atoms with Crippen LogP contribution >= 0.6 is 0 Å². The summed E-state index contributed by atoms with van der Waals surface area (Å²) >= 11 is 0. The maximum atomic E-state index is 11.2. The number of aliphatic carboxylic acids is 1. The van der Waals surface area contributed by atoms with Crippen LogP contribution in [0.25, 0.3) is 0 Å². The van der Waals surface area contributed by atoms with E-state index in [4.69, 9.17) is 10.8 Å². The zero-order chi connectivity index (χ0) is 11.4. The van der Waals surface area contributed by atoms with Gasteiger partial charge in [0.05, 0.1) is 0 Å². The summed E-state index contributed by atoms with van der Waals surface area (Å²) < 4.78 is 0. The SMILES string of the molecule is CC(C(=O)O)=C(C(N)=O)C1CCCCC1. The number of nitrogens with two attached hydrogens (primary N) is 1. The summed E-state index contributed by atoms with van der Waals surface area (Å²) in [4.78, 5) is 22.1. The summed E-state index contributed by atoms with van der Waals surface area (Å²) in [6.45, 7) is 1.46. The van der Waals surface area contributed by atoms with Crippen LogP contribution in [0.15, 0.2) is 11.1 Å². The second-order valence-corrected chi connectivity index (χ2v) is 4.04. The van der Waals surface area contributed by atoms with Crippen LogP contribution in [-0.4, -0.2) is 17.0 Å². The first-order valence-electron chi connectivity index (χ1n) is 5.28. The molecule has 1 fully saturated rings. The Hall–Kier alpha value is -1.32. The fraction of sp³-hybridized carbons (Fsp3) is 0.636. The second-order valence-electron chi connectivity index (χ2n) is 4.04. The Bertz CT molecular complexity index is 301. The van der Waals surface area contributed by atoms with Gasteiger partial charge in [0.15, 0.2) is 0 Å². The molecule has 0 saturated heterocycles. The van der Waals surface area contributed by atoms with Gasteiger partial charge in [0.25, 0.3) is 0 Å². The van der Waals surface area contributed by atoms with Gasteiger partial charge in [-0.3, -0.25) is 4.79 Å². The van der Waals surface area contributed by atoms with Gasteiger partial charge in [-0.25, -0.2) is 4.79 Å². The van der Waals surface area contributed by atoms with E-state index >= 15 is 0 Å². The Balaban J connectivity index is 2.95. The lowest BCUT2D eigenvalue weighted by Gasteiger charge is -2.23. The number of carbonyl (C=O) groups is 2. The number of carbonyl (C=O) groups excluding carboxylic acids is 1. The highest BCUT2D eigenvalue weighted by molar-refractivity contribution is 6.01. The molecule has 3 N–H and O–H groups in total. The first kappa shape index (κ1) is 11.8. The minimum absolute atomic E-state index is 0.0485. The van der Waals surface area contributed by atoms with Gasteiger partial charge in [0.1, 0.15) is 0 Å². The standard InChI is InChI=1S/C11H17NO3/c1-7(11(14)15)9(10(12)13)8-5-3-2-4-6-8/h8H,2-6H2,1H3,(H2,12,13)(H,14,15). The van der Waals surface area contributed by atoms with Crippen molar-refractivity contribution in [3.05, 3.63) is 11.1 Å². The third kappa shape index (κ3) is 2.81. The molecule has 0 aromatic heterocycles. The van der Waals surface area contributed by atoms with Crippen LogP contribution in [0.1, 0.15) is 39.0 Å². The smallest absolute Gasteiger partial charge is 0.331 e. The number of carboxylic acids is 1. The molecule has 1 aliphatic rings. The molecule has 15 heavy (non-hydrogen) atoms. The number of hydrogen-bond donors (Lipinski definition) is 2. The molecule has 0 heterocycles. The predicted molar refractivity (Wildman–Crippen MR) is 56.1 cm³/mol. The molecule has 1 amide bonds. The summed E-state index contributed by atoms with van der Waals surface area (Å²) in [6, 6.07) is 0. The summed E-state index contributed by atoms with van der Waals surface area (Å²) in [6.07, 6.45) is 5.02. The maximum absolute atomic E-state index is 11.2. The third-order valence-corrected chi connectivity index (χ3v) is 3.00. The van der Waals surface area contributed by atoms with Gasteiger partial charge in [-0.2, -0.15) is 0 Å². The molecule has 0 aromatic rings. The van der Waals surface area contributed by atoms with Crippen LogP contribution in [0, 0.1) is 5.92 Å². The average Bonchev–Trinajstić information content (AvgIpc) is 2.18. The van der Waals surface area contributed by atoms with Crippen molar-refractivity contribution in [3.8, 4) is 0 Å². The van der Waals surface area contributed by atoms with Gasteiger partial charge in [-0.1, -0.05) is 19.3 Å². The summed E-state index contributed by atoms with van der Waals surface area (Å²) in [7, 11) is 0. The van der Waals surface area contributed by atoms with E-state index in [1.54, 1.807) is 0 Å². The molecule has 1 saturated carbocycles. The van der Waals surface area contributed by atoms with Crippen LogP contribution in [0.4, 0.5) is 0 Å². The van der Waals surface area contributed by atoms with Crippen molar-refractivity contribution in [2.45, 2.75) is 39.0 Å². The van der Waals surface area contributed by atoms with Crippen molar-refractivity contribution in [2.24, 2.45) is 11.7 Å². The van der Waals surface area contributed by atoms with Crippen LogP contribution in [-0.2, 0) is 9.59 Å². The minimum Gasteiger partial charge on any atom is -0.478 e. The normalized spacial score (nSPS) is 19.5. The molecule has 0 unspecified atom stereocenters. The Morgan fingerprint density at radius 2 is 1.73 bits per heavy atom. The summed E-state index contributed by atoms with van der Waals surface area (Å²) in [5.74, 6) is -1.58. The van der Waals surface area contributed by atoms with E-state index in [0.717, 1.165) is 32.1 Å². The molecule has 1 aliphatic carbocycles. The van der Waals surface area contributed by atoms with Crippen LogP contribution < -0.4 is 5.73 Å². The second kappa shape index (κ2) is 4.96. The van der Waals surface area contributed by atoms with E-state index in [-0.39, 0.29) is 11.5 Å². The molecule has 4 heteroatoms. The zero-order valence-electron chi connectivity index (χ0n) is 8.95. The molecule has 0 bridgehead atoms. The molecule has 0 aromatic carbocycles. The lowest BCUT2D eigenvalue weighted by molar-refractivity contribution is -0.133. The van der Waals surface area contributed by atoms with Gasteiger partial charge in [-0.05, 0) is 25.7 Å². The highest BCUT2D eigenvalue weighted by Gasteiger charge is 2.25. The zero-order valence-corrected chi connectivity index (χ0v) is 8.95. The first-order valence-corrected chi connectivity index (χ1v) is 5.28. The molecular weight excluding hydrogens is 194 g/mol. The fourth-order valence-electron chi connectivity index (χ4n) is 2.20. The Morgan fingerprint density at radius 3 is 2.13 bits per heavy atom. The number of hydrogen-bond acceptors (Lipinski definition) is 2. The molecule has 4 nitrogen and oxygen atoms in total. The number of amides is 1. The van der Waals surface area contributed by atoms with E-state index < -0.39 is 11.9 Å². The Labute approximate surface area is 89.2 Å². The lowest BCUT2D eigenvalue weighted by atomic mass is 9.81. The number of primary amides is 1. The third-order valence-electron chi connectivity index (χ3n) is 3.00. The van der Waals surface area contributed by atoms with Gasteiger partial charge >= 0.3 is 5.97 Å². The Kier molecular flexibility index (Phi) is 3.88. The lowest BCUT2D eigenvalue weighted by Crippen LogP contribution is -2.25. The molecule has 0 spiro atoms. The van der Waals surface area contributed by atoms with E-state index in [2.05, 4.69) is 0 Å². The van der Waals surface area contributed by atoms with Crippen LogP contribution in [0.5, 0.6) is 0 Å². The first-order chi connectivity index (χ1) is 7.04. The average molecular weight is 211 g/mol. The molecule has 0 aliphatic heterocycles. The monoisotopic (exact) mass is 211 g/mol. The van der Waals surface area contributed by atoms with E-state index in [1.807, 2.05) is 0 Å². The van der Waals surface area contributed by atoms with Crippen molar-refractivity contribution in [1.82, 2.24) is 0 Å². The summed E-state index contributed by atoms with van der Waals surface area (Å²) in [5.41, 5.74) is 5.67. The maximum Gasteiger partial charge on any atom is 0.331 e. The van der Waals surface area contributed by atoms with Gasteiger partial charge in [0.2, 0.25) is 5.91 Å². The number of carboxylic acid groups (broad SMARTS) is 1. The highest BCUT2D eigenvalue weighted by Crippen LogP contribution is 2.31. The highest BCUT2D eigenvalue weighted by atomic mass is 16.4. The number of rotatable bonds is 3.